The first kappa shape index (κ1) is 16.8. The van der Waals surface area contributed by atoms with Gasteiger partial charge < -0.3 is 4.74 Å². The minimum Gasteiger partial charge on any atom is -0.453 e. The summed E-state index contributed by atoms with van der Waals surface area (Å²) in [6.45, 7) is 1.40. The Bertz CT molecular complexity index is 890. The molecule has 3 aromatic rings. The maximum absolute atomic E-state index is 12.2. The summed E-state index contributed by atoms with van der Waals surface area (Å²) in [5, 5.41) is 0.636. The van der Waals surface area contributed by atoms with E-state index in [1.165, 1.54) is 11.3 Å². The number of Topliss-reactive ketones (excluding diaryl/α,β-unsaturated/α-hetero) is 1. The standard InChI is InChI=1S/C16H11ClN2O3S2/c1-9-14(24-15(19-9)10-4-2-3-7-18-10)16(21)22-8-11(20)12-5-6-13(17)23-12/h2-7H,8H2,1H3. The van der Waals surface area contributed by atoms with E-state index in [2.05, 4.69) is 9.97 Å². The van der Waals surface area contributed by atoms with Crippen LogP contribution in [0.4, 0.5) is 0 Å². The Morgan fingerprint density at radius 2 is 2.04 bits per heavy atom. The van der Waals surface area contributed by atoms with Crippen LogP contribution in [0.5, 0.6) is 0 Å². The highest BCUT2D eigenvalue weighted by Gasteiger charge is 2.19. The number of nitrogens with zero attached hydrogens (tertiary/aromatic N) is 2. The first-order chi connectivity index (χ1) is 11.5. The fourth-order valence-corrected chi connectivity index (χ4v) is 3.82. The van der Waals surface area contributed by atoms with Crippen molar-refractivity contribution in [1.82, 2.24) is 9.97 Å². The summed E-state index contributed by atoms with van der Waals surface area (Å²) in [4.78, 5) is 33.5. The molecule has 0 fully saturated rings. The van der Waals surface area contributed by atoms with Crippen LogP contribution in [0.3, 0.4) is 0 Å². The normalized spacial score (nSPS) is 10.6. The number of ether oxygens (including phenoxy) is 1. The van der Waals surface area contributed by atoms with Gasteiger partial charge in [0, 0.05) is 6.20 Å². The molecular weight excluding hydrogens is 368 g/mol. The van der Waals surface area contributed by atoms with Crippen LogP contribution in [0.1, 0.15) is 25.0 Å². The molecule has 0 atom stereocenters. The molecule has 0 amide bonds. The van der Waals surface area contributed by atoms with Crippen LogP contribution in [0.25, 0.3) is 10.7 Å². The molecule has 8 heteroatoms. The molecule has 0 unspecified atom stereocenters. The molecular formula is C16H11ClN2O3S2. The van der Waals surface area contributed by atoms with Crippen molar-refractivity contribution in [3.05, 3.63) is 56.3 Å². The average molecular weight is 379 g/mol. The second-order valence-corrected chi connectivity index (χ2v) is 7.47. The van der Waals surface area contributed by atoms with Crippen LogP contribution in [0, 0.1) is 6.92 Å². The third-order valence-electron chi connectivity index (χ3n) is 3.05. The van der Waals surface area contributed by atoms with Gasteiger partial charge in [-0.2, -0.15) is 0 Å². The Hall–Kier alpha value is -2.09. The zero-order valence-corrected chi connectivity index (χ0v) is 14.9. The van der Waals surface area contributed by atoms with Crippen LogP contribution >= 0.6 is 34.3 Å². The lowest BCUT2D eigenvalue weighted by Gasteiger charge is -2.01. The van der Waals surface area contributed by atoms with Crippen molar-refractivity contribution < 1.29 is 14.3 Å². The van der Waals surface area contributed by atoms with Crippen molar-refractivity contribution >= 4 is 46.0 Å². The molecule has 0 aliphatic carbocycles. The molecule has 0 aromatic carbocycles. The molecule has 0 radical (unpaired) electrons. The number of pyridine rings is 1. The number of esters is 1. The van der Waals surface area contributed by atoms with Gasteiger partial charge in [0.15, 0.2) is 6.61 Å². The van der Waals surface area contributed by atoms with Gasteiger partial charge in [-0.1, -0.05) is 17.7 Å². The number of halogens is 1. The average Bonchev–Trinajstić information content (AvgIpc) is 3.19. The zero-order valence-electron chi connectivity index (χ0n) is 12.5. The predicted molar refractivity (Wildman–Crippen MR) is 94.0 cm³/mol. The lowest BCUT2D eigenvalue weighted by atomic mass is 10.3. The van der Waals surface area contributed by atoms with Crippen molar-refractivity contribution in [3.63, 3.8) is 0 Å². The zero-order chi connectivity index (χ0) is 17.1. The Labute approximate surface area is 150 Å². The fourth-order valence-electron chi connectivity index (χ4n) is 1.92. The summed E-state index contributed by atoms with van der Waals surface area (Å²) >= 11 is 8.14. The van der Waals surface area contributed by atoms with Crippen LogP contribution < -0.4 is 0 Å². The summed E-state index contributed by atoms with van der Waals surface area (Å²) in [6, 6.07) is 8.72. The fraction of sp³-hybridized carbons (Fsp3) is 0.125. The van der Waals surface area contributed by atoms with E-state index in [0.717, 1.165) is 11.3 Å². The van der Waals surface area contributed by atoms with E-state index in [1.807, 2.05) is 18.2 Å². The Morgan fingerprint density at radius 3 is 2.71 bits per heavy atom. The number of rotatable bonds is 5. The third-order valence-corrected chi connectivity index (χ3v) is 5.48. The number of hydrogen-bond acceptors (Lipinski definition) is 7. The second kappa shape index (κ2) is 7.21. The van der Waals surface area contributed by atoms with Crippen LogP contribution in [0.2, 0.25) is 4.34 Å². The number of aromatic nitrogens is 2. The number of hydrogen-bond donors (Lipinski definition) is 0. The highest BCUT2D eigenvalue weighted by atomic mass is 35.5. The molecule has 0 bridgehead atoms. The summed E-state index contributed by atoms with van der Waals surface area (Å²) in [7, 11) is 0. The van der Waals surface area contributed by atoms with Crippen LogP contribution in [0.15, 0.2) is 36.5 Å². The molecule has 122 valence electrons. The molecule has 0 aliphatic rings. The van der Waals surface area contributed by atoms with Crippen molar-refractivity contribution in [2.24, 2.45) is 0 Å². The minimum absolute atomic E-state index is 0.285. The highest BCUT2D eigenvalue weighted by Crippen LogP contribution is 2.27. The maximum atomic E-state index is 12.2. The van der Waals surface area contributed by atoms with E-state index in [4.69, 9.17) is 16.3 Å². The lowest BCUT2D eigenvalue weighted by molar-refractivity contribution is 0.0479. The van der Waals surface area contributed by atoms with Crippen molar-refractivity contribution in [3.8, 4) is 10.7 Å². The monoisotopic (exact) mass is 378 g/mol. The molecule has 0 aliphatic heterocycles. The number of thiazole rings is 1. The maximum Gasteiger partial charge on any atom is 0.350 e. The van der Waals surface area contributed by atoms with Gasteiger partial charge in [-0.15, -0.1) is 22.7 Å². The first-order valence-electron chi connectivity index (χ1n) is 6.89. The molecule has 24 heavy (non-hydrogen) atoms. The van der Waals surface area contributed by atoms with E-state index < -0.39 is 5.97 Å². The Balaban J connectivity index is 1.69. The number of ketones is 1. The molecule has 3 heterocycles. The van der Waals surface area contributed by atoms with Gasteiger partial charge in [-0.05, 0) is 31.2 Å². The van der Waals surface area contributed by atoms with E-state index >= 15 is 0 Å². The smallest absolute Gasteiger partial charge is 0.350 e. The Kier molecular flexibility index (Phi) is 5.03. The summed E-state index contributed by atoms with van der Waals surface area (Å²) in [5.41, 5.74) is 1.24. The lowest BCUT2D eigenvalue weighted by Crippen LogP contribution is -2.13. The minimum atomic E-state index is -0.566. The van der Waals surface area contributed by atoms with E-state index in [9.17, 15) is 9.59 Å². The van der Waals surface area contributed by atoms with E-state index in [1.54, 1.807) is 25.3 Å². The molecule has 0 N–H and O–H groups in total. The topological polar surface area (TPSA) is 69.2 Å². The molecule has 0 saturated carbocycles. The van der Waals surface area contributed by atoms with Gasteiger partial charge in [0.2, 0.25) is 5.78 Å². The number of aryl methyl sites for hydroxylation is 1. The molecule has 5 nitrogen and oxygen atoms in total. The first-order valence-corrected chi connectivity index (χ1v) is 8.90. The summed E-state index contributed by atoms with van der Waals surface area (Å²) in [5.74, 6) is -0.851. The summed E-state index contributed by atoms with van der Waals surface area (Å²) in [6.07, 6.45) is 1.66. The SMILES string of the molecule is Cc1nc(-c2ccccn2)sc1C(=O)OCC(=O)c1ccc(Cl)s1. The van der Waals surface area contributed by atoms with Gasteiger partial charge in [-0.25, -0.2) is 9.78 Å². The molecule has 3 rings (SSSR count). The predicted octanol–water partition coefficient (Wildman–Crippen LogP) is 4.27. The highest BCUT2D eigenvalue weighted by molar-refractivity contribution is 7.18. The van der Waals surface area contributed by atoms with Gasteiger partial charge in [0.25, 0.3) is 0 Å². The number of carbonyl (C=O) groups excluding carboxylic acids is 2. The molecule has 0 spiro atoms. The molecule has 0 saturated heterocycles. The largest absolute Gasteiger partial charge is 0.453 e. The van der Waals surface area contributed by atoms with Gasteiger partial charge >= 0.3 is 5.97 Å². The second-order valence-electron chi connectivity index (χ2n) is 4.75. The van der Waals surface area contributed by atoms with Crippen molar-refractivity contribution in [2.45, 2.75) is 6.92 Å². The van der Waals surface area contributed by atoms with Crippen LogP contribution in [-0.2, 0) is 4.74 Å². The van der Waals surface area contributed by atoms with Gasteiger partial charge in [-0.3, -0.25) is 9.78 Å². The van der Waals surface area contributed by atoms with Crippen LogP contribution in [-0.4, -0.2) is 28.3 Å². The number of carbonyl (C=O) groups is 2. The van der Waals surface area contributed by atoms with E-state index in [-0.39, 0.29) is 12.4 Å². The molecule has 3 aromatic heterocycles. The van der Waals surface area contributed by atoms with Gasteiger partial charge in [0.05, 0.1) is 20.6 Å². The third kappa shape index (κ3) is 3.69. The number of thiophene rings is 1. The van der Waals surface area contributed by atoms with E-state index in [0.29, 0.717) is 30.5 Å². The Morgan fingerprint density at radius 1 is 1.21 bits per heavy atom. The van der Waals surface area contributed by atoms with Crippen molar-refractivity contribution in [2.75, 3.05) is 6.61 Å². The quantitative estimate of drug-likeness (QED) is 0.490. The van der Waals surface area contributed by atoms with Crippen molar-refractivity contribution in [1.29, 1.82) is 0 Å². The van der Waals surface area contributed by atoms with Gasteiger partial charge in [0.1, 0.15) is 9.88 Å². The summed E-state index contributed by atoms with van der Waals surface area (Å²) < 4.78 is 5.63.